The van der Waals surface area contributed by atoms with Crippen LogP contribution < -0.4 is 4.90 Å². The molecule has 0 aliphatic carbocycles. The zero-order valence-electron chi connectivity index (χ0n) is 14.7. The molecule has 128 valence electrons. The maximum atomic E-state index is 12.0. The van der Waals surface area contributed by atoms with Crippen molar-refractivity contribution in [1.29, 1.82) is 0 Å². The lowest BCUT2D eigenvalue weighted by Crippen LogP contribution is -2.49. The van der Waals surface area contributed by atoms with Gasteiger partial charge in [0.25, 0.3) is 0 Å². The molecular weight excluding hydrogens is 302 g/mol. The normalized spacial score (nSPS) is 15.0. The van der Waals surface area contributed by atoms with Crippen molar-refractivity contribution in [3.63, 3.8) is 0 Å². The Hall–Kier alpha value is -2.37. The Morgan fingerprint density at radius 3 is 2.54 bits per heavy atom. The Bertz CT molecular complexity index is 702. The Kier molecular flexibility index (Phi) is 4.83. The van der Waals surface area contributed by atoms with E-state index in [4.69, 9.17) is 0 Å². The predicted octanol–water partition coefficient (Wildman–Crippen LogP) is 2.33. The van der Waals surface area contributed by atoms with Crippen molar-refractivity contribution >= 4 is 11.6 Å². The smallest absolute Gasteiger partial charge is 0.222 e. The number of nitrogens with zero attached hydrogens (tertiary/aromatic N) is 5. The third-order valence-electron chi connectivity index (χ3n) is 4.53. The van der Waals surface area contributed by atoms with Gasteiger partial charge in [-0.2, -0.15) is 5.10 Å². The first-order valence-corrected chi connectivity index (χ1v) is 8.62. The van der Waals surface area contributed by atoms with Gasteiger partial charge in [-0.15, -0.1) is 0 Å². The molecule has 0 N–H and O–H groups in total. The summed E-state index contributed by atoms with van der Waals surface area (Å²) in [4.78, 5) is 20.8. The topological polar surface area (TPSA) is 54.3 Å². The molecule has 0 spiro atoms. The van der Waals surface area contributed by atoms with Gasteiger partial charge in [0.15, 0.2) is 5.82 Å². The highest BCUT2D eigenvalue weighted by atomic mass is 16.2. The van der Waals surface area contributed by atoms with Crippen molar-refractivity contribution in [3.05, 3.63) is 35.8 Å². The standard InChI is InChI=1S/C18H25N5O/c1-4-7-17(24)21-10-12-22(13-11-21)18-14(2)20-23(15(18)3)16-8-5-6-9-19-16/h5-6,8-9H,4,7,10-13H2,1-3H3. The van der Waals surface area contributed by atoms with Crippen molar-refractivity contribution < 1.29 is 4.79 Å². The molecule has 6 nitrogen and oxygen atoms in total. The molecule has 0 unspecified atom stereocenters. The van der Waals surface area contributed by atoms with Crippen LogP contribution in [-0.2, 0) is 4.79 Å². The lowest BCUT2D eigenvalue weighted by Gasteiger charge is -2.36. The summed E-state index contributed by atoms with van der Waals surface area (Å²) in [6.45, 7) is 9.44. The molecule has 24 heavy (non-hydrogen) atoms. The highest BCUT2D eigenvalue weighted by Crippen LogP contribution is 2.27. The molecule has 1 aliphatic rings. The van der Waals surface area contributed by atoms with E-state index in [1.54, 1.807) is 6.20 Å². The quantitative estimate of drug-likeness (QED) is 0.865. The number of rotatable bonds is 4. The third kappa shape index (κ3) is 3.13. The molecule has 3 rings (SSSR count). The van der Waals surface area contributed by atoms with Gasteiger partial charge in [-0.1, -0.05) is 13.0 Å². The highest BCUT2D eigenvalue weighted by Gasteiger charge is 2.25. The van der Waals surface area contributed by atoms with Crippen LogP contribution in [0.4, 0.5) is 5.69 Å². The van der Waals surface area contributed by atoms with E-state index in [0.717, 1.165) is 49.8 Å². The zero-order chi connectivity index (χ0) is 17.1. The van der Waals surface area contributed by atoms with Crippen molar-refractivity contribution in [2.45, 2.75) is 33.6 Å². The molecule has 0 radical (unpaired) electrons. The fourth-order valence-electron chi connectivity index (χ4n) is 3.35. The SMILES string of the molecule is CCCC(=O)N1CCN(c2c(C)nn(-c3ccccn3)c2C)CC1. The first-order chi connectivity index (χ1) is 11.6. The van der Waals surface area contributed by atoms with E-state index >= 15 is 0 Å². The average molecular weight is 327 g/mol. The predicted molar refractivity (Wildman–Crippen MR) is 94.5 cm³/mol. The lowest BCUT2D eigenvalue weighted by molar-refractivity contribution is -0.131. The van der Waals surface area contributed by atoms with E-state index in [1.807, 2.05) is 41.6 Å². The van der Waals surface area contributed by atoms with Crippen LogP contribution in [0.1, 0.15) is 31.2 Å². The molecule has 2 aromatic rings. The lowest BCUT2D eigenvalue weighted by atomic mass is 10.2. The minimum atomic E-state index is 0.273. The zero-order valence-corrected chi connectivity index (χ0v) is 14.7. The summed E-state index contributed by atoms with van der Waals surface area (Å²) in [6.07, 6.45) is 3.34. The number of amides is 1. The molecule has 2 aromatic heterocycles. The third-order valence-corrected chi connectivity index (χ3v) is 4.53. The van der Waals surface area contributed by atoms with Gasteiger partial charge in [-0.25, -0.2) is 9.67 Å². The summed E-state index contributed by atoms with van der Waals surface area (Å²) in [7, 11) is 0. The van der Waals surface area contributed by atoms with Crippen molar-refractivity contribution in [2.75, 3.05) is 31.1 Å². The Morgan fingerprint density at radius 2 is 1.92 bits per heavy atom. The van der Waals surface area contributed by atoms with Crippen molar-refractivity contribution in [3.8, 4) is 5.82 Å². The van der Waals surface area contributed by atoms with Gasteiger partial charge < -0.3 is 9.80 Å². The first kappa shape index (κ1) is 16.5. The van der Waals surface area contributed by atoms with Gasteiger partial charge in [-0.3, -0.25) is 4.79 Å². The number of aromatic nitrogens is 3. The summed E-state index contributed by atoms with van der Waals surface area (Å²) < 4.78 is 1.90. The van der Waals surface area contributed by atoms with Gasteiger partial charge in [0, 0.05) is 38.8 Å². The molecule has 0 atom stereocenters. The van der Waals surface area contributed by atoms with Crippen LogP contribution in [-0.4, -0.2) is 51.8 Å². The van der Waals surface area contributed by atoms with Crippen LogP contribution in [0.3, 0.4) is 0 Å². The van der Waals surface area contributed by atoms with Crippen molar-refractivity contribution in [1.82, 2.24) is 19.7 Å². The molecule has 0 saturated carbocycles. The van der Waals surface area contributed by atoms with Crippen molar-refractivity contribution in [2.24, 2.45) is 0 Å². The number of carbonyl (C=O) groups is 1. The maximum Gasteiger partial charge on any atom is 0.222 e. The van der Waals surface area contributed by atoms with Crippen LogP contribution >= 0.6 is 0 Å². The first-order valence-electron chi connectivity index (χ1n) is 8.62. The molecule has 0 aromatic carbocycles. The number of pyridine rings is 1. The molecule has 6 heteroatoms. The highest BCUT2D eigenvalue weighted by molar-refractivity contribution is 5.76. The maximum absolute atomic E-state index is 12.0. The number of hydrogen-bond acceptors (Lipinski definition) is 4. The summed E-state index contributed by atoms with van der Waals surface area (Å²) in [6, 6.07) is 5.84. The Balaban J connectivity index is 1.77. The van der Waals surface area contributed by atoms with Gasteiger partial charge in [0.05, 0.1) is 17.1 Å². The second-order valence-corrected chi connectivity index (χ2v) is 6.24. The minimum absolute atomic E-state index is 0.273. The number of piperazine rings is 1. The molecule has 3 heterocycles. The van der Waals surface area contributed by atoms with E-state index in [2.05, 4.69) is 21.9 Å². The van der Waals surface area contributed by atoms with E-state index in [1.165, 1.54) is 5.69 Å². The fraction of sp³-hybridized carbons (Fsp3) is 0.500. The number of aryl methyl sites for hydroxylation is 1. The van der Waals surface area contributed by atoms with E-state index in [0.29, 0.717) is 6.42 Å². The van der Waals surface area contributed by atoms with Crippen LogP contribution in [0.15, 0.2) is 24.4 Å². The molecule has 1 aliphatic heterocycles. The minimum Gasteiger partial charge on any atom is -0.365 e. The summed E-state index contributed by atoms with van der Waals surface area (Å²) in [5, 5.41) is 4.67. The van der Waals surface area contributed by atoms with Gasteiger partial charge in [-0.05, 0) is 32.4 Å². The summed E-state index contributed by atoms with van der Waals surface area (Å²) >= 11 is 0. The van der Waals surface area contributed by atoms with Gasteiger partial charge >= 0.3 is 0 Å². The number of anilines is 1. The van der Waals surface area contributed by atoms with Crippen LogP contribution in [0, 0.1) is 13.8 Å². The van der Waals surface area contributed by atoms with E-state index in [-0.39, 0.29) is 5.91 Å². The second kappa shape index (κ2) is 7.03. The molecule has 0 bridgehead atoms. The van der Waals surface area contributed by atoms with Crippen LogP contribution in [0.2, 0.25) is 0 Å². The molecular formula is C18H25N5O. The number of hydrogen-bond donors (Lipinski definition) is 0. The Labute approximate surface area is 143 Å². The van der Waals surface area contributed by atoms with E-state index < -0.39 is 0 Å². The van der Waals surface area contributed by atoms with Crippen LogP contribution in [0.25, 0.3) is 5.82 Å². The largest absolute Gasteiger partial charge is 0.365 e. The van der Waals surface area contributed by atoms with Gasteiger partial charge in [0.1, 0.15) is 0 Å². The van der Waals surface area contributed by atoms with E-state index in [9.17, 15) is 4.79 Å². The number of carbonyl (C=O) groups excluding carboxylic acids is 1. The average Bonchev–Trinajstić information content (AvgIpc) is 2.90. The van der Waals surface area contributed by atoms with Crippen LogP contribution in [0.5, 0.6) is 0 Å². The molecule has 1 saturated heterocycles. The molecule has 1 fully saturated rings. The second-order valence-electron chi connectivity index (χ2n) is 6.24. The summed E-state index contributed by atoms with van der Waals surface area (Å²) in [5.74, 6) is 1.11. The summed E-state index contributed by atoms with van der Waals surface area (Å²) in [5.41, 5.74) is 3.27. The molecule has 1 amide bonds. The Morgan fingerprint density at radius 1 is 1.17 bits per heavy atom. The van der Waals surface area contributed by atoms with Gasteiger partial charge in [0.2, 0.25) is 5.91 Å². The fourth-order valence-corrected chi connectivity index (χ4v) is 3.35. The monoisotopic (exact) mass is 327 g/mol.